The zero-order chi connectivity index (χ0) is 12.6. The molecule has 0 aromatic carbocycles. The highest BCUT2D eigenvalue weighted by molar-refractivity contribution is 7.98. The molecule has 1 N–H and O–H groups in total. The normalized spacial score (nSPS) is 12.0. The molecule has 0 aromatic heterocycles. The Balaban J connectivity index is 4.46. The topological polar surface area (TPSA) is 49.4 Å². The predicted octanol–water partition coefficient (Wildman–Crippen LogP) is 1.11. The van der Waals surface area contributed by atoms with E-state index in [1.54, 1.807) is 16.7 Å². The summed E-state index contributed by atoms with van der Waals surface area (Å²) in [5.74, 6) is 0.749. The van der Waals surface area contributed by atoms with Crippen LogP contribution in [-0.2, 0) is 9.59 Å². The molecule has 0 radical (unpaired) electrons. The van der Waals surface area contributed by atoms with Crippen molar-refractivity contribution in [2.45, 2.75) is 33.2 Å². The maximum absolute atomic E-state index is 12.0. The Morgan fingerprint density at radius 1 is 1.31 bits per heavy atom. The van der Waals surface area contributed by atoms with E-state index in [-0.39, 0.29) is 17.9 Å². The Hall–Kier alpha value is -0.710. The van der Waals surface area contributed by atoms with Crippen molar-refractivity contribution < 1.29 is 9.59 Å². The second kappa shape index (κ2) is 8.44. The molecular weight excluding hydrogens is 224 g/mol. The summed E-state index contributed by atoms with van der Waals surface area (Å²) in [4.78, 5) is 24.8. The van der Waals surface area contributed by atoms with Gasteiger partial charge in [-0.3, -0.25) is 9.59 Å². The first-order valence-corrected chi connectivity index (χ1v) is 7.00. The van der Waals surface area contributed by atoms with E-state index in [9.17, 15) is 9.59 Å². The lowest BCUT2D eigenvalue weighted by molar-refractivity contribution is -0.135. The molecule has 5 heteroatoms. The van der Waals surface area contributed by atoms with Gasteiger partial charge in [-0.25, -0.2) is 0 Å². The molecule has 94 valence electrons. The SMILES string of the molecule is CCN(CC)C(=O)C(CCSC)NC(C)=O. The third-order valence-electron chi connectivity index (χ3n) is 2.36. The summed E-state index contributed by atoms with van der Waals surface area (Å²) in [5, 5.41) is 2.72. The van der Waals surface area contributed by atoms with Gasteiger partial charge in [-0.1, -0.05) is 0 Å². The molecule has 0 aliphatic carbocycles. The lowest BCUT2D eigenvalue weighted by Crippen LogP contribution is -2.48. The Morgan fingerprint density at radius 2 is 1.88 bits per heavy atom. The molecule has 0 aliphatic rings. The van der Waals surface area contributed by atoms with Gasteiger partial charge >= 0.3 is 0 Å². The highest BCUT2D eigenvalue weighted by Gasteiger charge is 2.22. The molecule has 0 bridgehead atoms. The minimum absolute atomic E-state index is 0.0225. The molecule has 0 heterocycles. The molecule has 0 saturated heterocycles. The summed E-state index contributed by atoms with van der Waals surface area (Å²) >= 11 is 1.68. The predicted molar refractivity (Wildman–Crippen MR) is 68.5 cm³/mol. The van der Waals surface area contributed by atoms with Crippen LogP contribution in [0.5, 0.6) is 0 Å². The minimum Gasteiger partial charge on any atom is -0.345 e. The van der Waals surface area contributed by atoms with Crippen molar-refractivity contribution in [3.8, 4) is 0 Å². The highest BCUT2D eigenvalue weighted by atomic mass is 32.2. The van der Waals surface area contributed by atoms with Gasteiger partial charge in [0.25, 0.3) is 0 Å². The molecule has 0 aromatic rings. The maximum Gasteiger partial charge on any atom is 0.245 e. The molecule has 2 amide bonds. The fraction of sp³-hybridized carbons (Fsp3) is 0.818. The summed E-state index contributed by atoms with van der Waals surface area (Å²) in [6.07, 6.45) is 2.68. The molecule has 4 nitrogen and oxygen atoms in total. The zero-order valence-electron chi connectivity index (χ0n) is 10.6. The van der Waals surface area contributed by atoms with Crippen LogP contribution in [0.3, 0.4) is 0 Å². The van der Waals surface area contributed by atoms with Crippen molar-refractivity contribution >= 4 is 23.6 Å². The van der Waals surface area contributed by atoms with Crippen molar-refractivity contribution in [3.05, 3.63) is 0 Å². The van der Waals surface area contributed by atoms with Crippen LogP contribution in [-0.4, -0.2) is 47.9 Å². The van der Waals surface area contributed by atoms with E-state index in [1.807, 2.05) is 20.1 Å². The Bertz CT molecular complexity index is 230. The van der Waals surface area contributed by atoms with E-state index in [4.69, 9.17) is 0 Å². The number of rotatable bonds is 7. The molecule has 1 unspecified atom stereocenters. The lowest BCUT2D eigenvalue weighted by atomic mass is 10.2. The summed E-state index contributed by atoms with van der Waals surface area (Å²) in [6.45, 7) is 6.71. The molecule has 0 aliphatic heterocycles. The molecule has 0 rings (SSSR count). The second-order valence-electron chi connectivity index (χ2n) is 3.55. The van der Waals surface area contributed by atoms with E-state index >= 15 is 0 Å². The largest absolute Gasteiger partial charge is 0.345 e. The fourth-order valence-electron chi connectivity index (χ4n) is 1.49. The van der Waals surface area contributed by atoms with E-state index in [0.717, 1.165) is 5.75 Å². The first-order chi connectivity index (χ1) is 7.56. The van der Waals surface area contributed by atoms with Crippen LogP contribution < -0.4 is 5.32 Å². The number of hydrogen-bond donors (Lipinski definition) is 1. The Labute approximate surface area is 102 Å². The third kappa shape index (κ3) is 5.39. The Morgan fingerprint density at radius 3 is 2.25 bits per heavy atom. The summed E-state index contributed by atoms with van der Waals surface area (Å²) in [6, 6.07) is -0.371. The van der Waals surface area contributed by atoms with Gasteiger partial charge < -0.3 is 10.2 Å². The number of hydrogen-bond acceptors (Lipinski definition) is 3. The highest BCUT2D eigenvalue weighted by Crippen LogP contribution is 2.04. The molecule has 16 heavy (non-hydrogen) atoms. The molecule has 0 saturated carbocycles. The molecule has 0 spiro atoms. The third-order valence-corrected chi connectivity index (χ3v) is 3.01. The smallest absolute Gasteiger partial charge is 0.245 e. The van der Waals surface area contributed by atoms with Crippen LogP contribution in [0, 0.1) is 0 Å². The average molecular weight is 246 g/mol. The quantitative estimate of drug-likeness (QED) is 0.732. The Kier molecular flexibility index (Phi) is 8.07. The van der Waals surface area contributed by atoms with Crippen molar-refractivity contribution in [2.24, 2.45) is 0 Å². The van der Waals surface area contributed by atoms with Gasteiger partial charge in [0.05, 0.1) is 0 Å². The van der Waals surface area contributed by atoms with Crippen molar-refractivity contribution in [1.82, 2.24) is 10.2 Å². The maximum atomic E-state index is 12.0. The summed E-state index contributed by atoms with van der Waals surface area (Å²) in [7, 11) is 0. The number of carbonyl (C=O) groups is 2. The fourth-order valence-corrected chi connectivity index (χ4v) is 1.97. The molecule has 0 fully saturated rings. The van der Waals surface area contributed by atoms with E-state index in [2.05, 4.69) is 5.32 Å². The standard InChI is InChI=1S/C11H22N2O2S/c1-5-13(6-2)11(15)10(7-8-16-4)12-9(3)14/h10H,5-8H2,1-4H3,(H,12,14). The van der Waals surface area contributed by atoms with Gasteiger partial charge in [0, 0.05) is 20.0 Å². The van der Waals surface area contributed by atoms with Crippen LogP contribution in [0.4, 0.5) is 0 Å². The van der Waals surface area contributed by atoms with Gasteiger partial charge in [-0.05, 0) is 32.3 Å². The first kappa shape index (κ1) is 15.3. The first-order valence-electron chi connectivity index (χ1n) is 5.61. The van der Waals surface area contributed by atoms with Crippen LogP contribution in [0.1, 0.15) is 27.2 Å². The number of amides is 2. The van der Waals surface area contributed by atoms with Crippen LogP contribution >= 0.6 is 11.8 Å². The van der Waals surface area contributed by atoms with Gasteiger partial charge in [-0.15, -0.1) is 0 Å². The van der Waals surface area contributed by atoms with Gasteiger partial charge in [0.2, 0.25) is 11.8 Å². The van der Waals surface area contributed by atoms with Gasteiger partial charge in [0.15, 0.2) is 0 Å². The number of likely N-dealkylation sites (N-methyl/N-ethyl adjacent to an activating group) is 1. The van der Waals surface area contributed by atoms with Crippen molar-refractivity contribution in [1.29, 1.82) is 0 Å². The monoisotopic (exact) mass is 246 g/mol. The van der Waals surface area contributed by atoms with Gasteiger partial charge in [-0.2, -0.15) is 11.8 Å². The van der Waals surface area contributed by atoms with Crippen LogP contribution in [0.15, 0.2) is 0 Å². The number of thioether (sulfide) groups is 1. The van der Waals surface area contributed by atoms with Crippen molar-refractivity contribution in [3.63, 3.8) is 0 Å². The van der Waals surface area contributed by atoms with Crippen LogP contribution in [0.2, 0.25) is 0 Å². The number of carbonyl (C=O) groups excluding carboxylic acids is 2. The van der Waals surface area contributed by atoms with Gasteiger partial charge in [0.1, 0.15) is 6.04 Å². The molecular formula is C11H22N2O2S. The van der Waals surface area contributed by atoms with E-state index in [1.165, 1.54) is 6.92 Å². The second-order valence-corrected chi connectivity index (χ2v) is 4.53. The number of nitrogens with one attached hydrogen (secondary N) is 1. The summed E-state index contributed by atoms with van der Waals surface area (Å²) < 4.78 is 0. The average Bonchev–Trinajstić information content (AvgIpc) is 2.25. The zero-order valence-corrected chi connectivity index (χ0v) is 11.4. The van der Waals surface area contributed by atoms with E-state index in [0.29, 0.717) is 19.5 Å². The number of nitrogens with zero attached hydrogens (tertiary/aromatic N) is 1. The van der Waals surface area contributed by atoms with E-state index < -0.39 is 0 Å². The van der Waals surface area contributed by atoms with Crippen molar-refractivity contribution in [2.75, 3.05) is 25.1 Å². The van der Waals surface area contributed by atoms with Crippen LogP contribution in [0.25, 0.3) is 0 Å². The lowest BCUT2D eigenvalue weighted by Gasteiger charge is -2.25. The minimum atomic E-state index is -0.371. The molecule has 1 atom stereocenters. The summed E-state index contributed by atoms with van der Waals surface area (Å²) in [5.41, 5.74) is 0.